The first-order valence-corrected chi connectivity index (χ1v) is 10.8. The summed E-state index contributed by atoms with van der Waals surface area (Å²) >= 11 is 0. The van der Waals surface area contributed by atoms with Crippen molar-refractivity contribution < 1.29 is 18.7 Å². The molecule has 3 atom stereocenters. The summed E-state index contributed by atoms with van der Waals surface area (Å²) in [5, 5.41) is 0. The molecule has 0 N–H and O–H groups in total. The average Bonchev–Trinajstić information content (AvgIpc) is 3.42. The van der Waals surface area contributed by atoms with E-state index in [2.05, 4.69) is 24.7 Å². The number of methoxy groups -OCH3 is 1. The van der Waals surface area contributed by atoms with Gasteiger partial charge in [-0.3, -0.25) is 9.78 Å². The molecule has 2 aliphatic heterocycles. The van der Waals surface area contributed by atoms with Crippen molar-refractivity contribution >= 4 is 11.9 Å². The van der Waals surface area contributed by atoms with E-state index in [4.69, 9.17) is 0 Å². The van der Waals surface area contributed by atoms with Gasteiger partial charge in [-0.25, -0.2) is 24.1 Å². The van der Waals surface area contributed by atoms with Crippen LogP contribution in [0, 0.1) is 11.7 Å². The quantitative estimate of drug-likeness (QED) is 0.554. The molecule has 1 aromatic carbocycles. The molecule has 4 heterocycles. The van der Waals surface area contributed by atoms with Gasteiger partial charge in [0.15, 0.2) is 11.5 Å². The van der Waals surface area contributed by atoms with Crippen LogP contribution in [0.2, 0.25) is 0 Å². The smallest absolute Gasteiger partial charge is 0.358 e. The van der Waals surface area contributed by atoms with E-state index in [9.17, 15) is 14.0 Å². The Morgan fingerprint density at radius 3 is 2.64 bits per heavy atom. The Kier molecular flexibility index (Phi) is 5.53. The van der Waals surface area contributed by atoms with Crippen molar-refractivity contribution in [2.24, 2.45) is 5.92 Å². The molecule has 8 nitrogen and oxygen atoms in total. The highest BCUT2D eigenvalue weighted by Gasteiger charge is 2.49. The van der Waals surface area contributed by atoms with Crippen molar-refractivity contribution in [2.75, 3.05) is 7.11 Å². The monoisotopic (exact) mass is 447 g/mol. The zero-order valence-corrected chi connectivity index (χ0v) is 18.0. The lowest BCUT2D eigenvalue weighted by Gasteiger charge is -2.25. The summed E-state index contributed by atoms with van der Waals surface area (Å²) < 4.78 is 19.4. The largest absolute Gasteiger partial charge is 0.464 e. The Balaban J connectivity index is 1.38. The molecule has 33 heavy (non-hydrogen) atoms. The van der Waals surface area contributed by atoms with Gasteiger partial charge in [-0.15, -0.1) is 0 Å². The first kappa shape index (κ1) is 21.1. The van der Waals surface area contributed by atoms with Gasteiger partial charge in [-0.05, 0) is 49.8 Å². The summed E-state index contributed by atoms with van der Waals surface area (Å²) in [6, 6.07) is 6.29. The maximum atomic E-state index is 14.8. The summed E-state index contributed by atoms with van der Waals surface area (Å²) in [6.45, 7) is 0. The number of benzene rings is 1. The van der Waals surface area contributed by atoms with Crippen molar-refractivity contribution in [3.63, 3.8) is 0 Å². The fourth-order valence-electron chi connectivity index (χ4n) is 5.08. The van der Waals surface area contributed by atoms with Gasteiger partial charge in [0, 0.05) is 30.7 Å². The number of halogens is 1. The van der Waals surface area contributed by atoms with E-state index in [1.165, 1.54) is 31.8 Å². The summed E-state index contributed by atoms with van der Waals surface area (Å²) in [5.41, 5.74) is 1.33. The van der Waals surface area contributed by atoms with E-state index in [0.29, 0.717) is 6.42 Å². The third-order valence-corrected chi connectivity index (χ3v) is 6.50. The Bertz CT molecular complexity index is 1190. The summed E-state index contributed by atoms with van der Waals surface area (Å²) in [5.74, 6) is -0.826. The molecule has 3 unspecified atom stereocenters. The zero-order chi connectivity index (χ0) is 22.9. The standard InChI is InChI=1S/C24H22FN5O3/c1-33-24(32)19-13-28-15(12-29-19)10-14-11-16-6-7-20(14)30(16)23(31)17-4-2-5-18(25)21(17)22-26-8-3-9-27-22/h2-5,8-9,12-14,16,20H,6-7,10-11H2,1H3. The van der Waals surface area contributed by atoms with Crippen LogP contribution in [0.15, 0.2) is 49.1 Å². The van der Waals surface area contributed by atoms with Gasteiger partial charge in [0.1, 0.15) is 5.82 Å². The molecule has 0 spiro atoms. The number of hydrogen-bond acceptors (Lipinski definition) is 7. The van der Waals surface area contributed by atoms with Gasteiger partial charge in [0.2, 0.25) is 0 Å². The van der Waals surface area contributed by atoms with Crippen LogP contribution in [-0.2, 0) is 11.2 Å². The zero-order valence-electron chi connectivity index (χ0n) is 18.0. The van der Waals surface area contributed by atoms with Gasteiger partial charge in [-0.1, -0.05) is 6.07 Å². The van der Waals surface area contributed by atoms with Crippen LogP contribution < -0.4 is 0 Å². The molecule has 0 aliphatic carbocycles. The van der Waals surface area contributed by atoms with Crippen molar-refractivity contribution in [2.45, 2.75) is 37.8 Å². The van der Waals surface area contributed by atoms with Crippen molar-refractivity contribution in [1.29, 1.82) is 0 Å². The minimum atomic E-state index is -0.529. The molecule has 2 fully saturated rings. The topological polar surface area (TPSA) is 98.2 Å². The molecular formula is C24H22FN5O3. The van der Waals surface area contributed by atoms with E-state index < -0.39 is 11.8 Å². The number of esters is 1. The lowest BCUT2D eigenvalue weighted by Crippen LogP contribution is -2.37. The Morgan fingerprint density at radius 2 is 1.91 bits per heavy atom. The third kappa shape index (κ3) is 3.83. The highest BCUT2D eigenvalue weighted by molar-refractivity contribution is 6.01. The van der Waals surface area contributed by atoms with Gasteiger partial charge < -0.3 is 9.64 Å². The molecule has 2 bridgehead atoms. The normalized spacial score (nSPS) is 21.3. The third-order valence-electron chi connectivity index (χ3n) is 6.50. The maximum absolute atomic E-state index is 14.8. The van der Waals surface area contributed by atoms with Gasteiger partial charge >= 0.3 is 5.97 Å². The highest BCUT2D eigenvalue weighted by Crippen LogP contribution is 2.44. The predicted molar refractivity (Wildman–Crippen MR) is 116 cm³/mol. The van der Waals surface area contributed by atoms with Crippen LogP contribution in [0.3, 0.4) is 0 Å². The highest BCUT2D eigenvalue weighted by atomic mass is 19.1. The minimum absolute atomic E-state index is 0.0393. The number of carbonyl (C=O) groups excluding carboxylic acids is 2. The molecule has 168 valence electrons. The fraction of sp³-hybridized carbons (Fsp3) is 0.333. The van der Waals surface area contributed by atoms with E-state index in [1.807, 2.05) is 4.90 Å². The van der Waals surface area contributed by atoms with Gasteiger partial charge in [-0.2, -0.15) is 0 Å². The number of nitrogens with zero attached hydrogens (tertiary/aromatic N) is 5. The first-order chi connectivity index (χ1) is 16.1. The second-order valence-electron chi connectivity index (χ2n) is 8.33. The van der Waals surface area contributed by atoms with E-state index >= 15 is 0 Å². The molecule has 0 radical (unpaired) electrons. The lowest BCUT2D eigenvalue weighted by molar-refractivity contribution is 0.0592. The van der Waals surface area contributed by atoms with Crippen LogP contribution in [0.4, 0.5) is 4.39 Å². The van der Waals surface area contributed by atoms with Crippen LogP contribution >= 0.6 is 0 Å². The van der Waals surface area contributed by atoms with Crippen molar-refractivity contribution in [1.82, 2.24) is 24.8 Å². The minimum Gasteiger partial charge on any atom is -0.464 e. The van der Waals surface area contributed by atoms with E-state index in [0.717, 1.165) is 25.0 Å². The molecule has 1 amide bonds. The Hall–Kier alpha value is -3.75. The Morgan fingerprint density at radius 1 is 1.09 bits per heavy atom. The van der Waals surface area contributed by atoms with Crippen LogP contribution in [0.5, 0.6) is 0 Å². The number of amides is 1. The second kappa shape index (κ2) is 8.65. The van der Waals surface area contributed by atoms with Gasteiger partial charge in [0.25, 0.3) is 5.91 Å². The van der Waals surface area contributed by atoms with Crippen molar-refractivity contribution in [3.05, 3.63) is 71.8 Å². The molecule has 0 saturated carbocycles. The first-order valence-electron chi connectivity index (χ1n) is 10.8. The number of fused-ring (bicyclic) bond motifs is 2. The van der Waals surface area contributed by atoms with Crippen LogP contribution in [0.1, 0.15) is 45.8 Å². The summed E-state index contributed by atoms with van der Waals surface area (Å²) in [7, 11) is 1.30. The molecule has 9 heteroatoms. The fourth-order valence-corrected chi connectivity index (χ4v) is 5.08. The predicted octanol–water partition coefficient (Wildman–Crippen LogP) is 3.10. The molecule has 3 aromatic rings. The second-order valence-corrected chi connectivity index (χ2v) is 8.33. The Labute approximate surface area is 189 Å². The lowest BCUT2D eigenvalue weighted by atomic mass is 9.86. The molecule has 2 aliphatic rings. The number of carbonyl (C=O) groups is 2. The van der Waals surface area contributed by atoms with Crippen molar-refractivity contribution in [3.8, 4) is 11.4 Å². The maximum Gasteiger partial charge on any atom is 0.358 e. The number of aromatic nitrogens is 4. The molecule has 2 saturated heterocycles. The summed E-state index contributed by atoms with van der Waals surface area (Å²) in [4.78, 5) is 43.9. The van der Waals surface area contributed by atoms with Crippen LogP contribution in [0.25, 0.3) is 11.4 Å². The van der Waals surface area contributed by atoms with Gasteiger partial charge in [0.05, 0.1) is 30.1 Å². The van der Waals surface area contributed by atoms with E-state index in [1.54, 1.807) is 24.4 Å². The molecular weight excluding hydrogens is 425 g/mol. The molecule has 2 aromatic heterocycles. The number of rotatable bonds is 5. The van der Waals surface area contributed by atoms with E-state index in [-0.39, 0.29) is 46.6 Å². The summed E-state index contributed by atoms with van der Waals surface area (Å²) in [6.07, 6.45) is 9.38. The number of hydrogen-bond donors (Lipinski definition) is 0. The SMILES string of the molecule is COC(=O)c1cnc(CC2CC3CCC2N3C(=O)c2cccc(F)c2-c2ncccn2)cn1. The average molecular weight is 447 g/mol. The number of ether oxygens (including phenoxy) is 1. The molecule has 5 rings (SSSR count). The van der Waals surface area contributed by atoms with Crippen LogP contribution in [-0.4, -0.2) is 55.9 Å².